The first-order valence-corrected chi connectivity index (χ1v) is 11.8. The van der Waals surface area contributed by atoms with Crippen molar-refractivity contribution in [2.24, 2.45) is 0 Å². The number of fused-ring (bicyclic) bond motifs is 1. The second kappa shape index (κ2) is 8.67. The van der Waals surface area contributed by atoms with Crippen molar-refractivity contribution >= 4 is 17.4 Å². The van der Waals surface area contributed by atoms with E-state index >= 15 is 0 Å². The van der Waals surface area contributed by atoms with Crippen molar-refractivity contribution in [1.82, 2.24) is 0 Å². The number of aromatic hydroxyl groups is 1. The molecule has 0 aromatic heterocycles. The first kappa shape index (κ1) is 23.0. The fraction of sp³-hybridized carbons (Fsp3) is 0.323. The molecule has 1 aliphatic rings. The molecule has 0 bridgehead atoms. The number of rotatable bonds is 5. The van der Waals surface area contributed by atoms with E-state index in [1.165, 1.54) is 35.1 Å². The minimum Gasteiger partial charge on any atom is -0.508 e. The first-order valence-electron chi connectivity index (χ1n) is 11.8. The molecule has 0 saturated carbocycles. The molecule has 2 nitrogen and oxygen atoms in total. The van der Waals surface area contributed by atoms with E-state index in [0.717, 1.165) is 11.1 Å². The highest BCUT2D eigenvalue weighted by Gasteiger charge is 2.36. The van der Waals surface area contributed by atoms with Crippen LogP contribution in [-0.2, 0) is 17.3 Å². The lowest BCUT2D eigenvalue weighted by atomic mass is 9.63. The van der Waals surface area contributed by atoms with Gasteiger partial charge in [0.15, 0.2) is 5.78 Å². The van der Waals surface area contributed by atoms with Gasteiger partial charge in [0.05, 0.1) is 0 Å². The number of phenols is 1. The molecule has 170 valence electrons. The van der Waals surface area contributed by atoms with Gasteiger partial charge in [-0.2, -0.15) is 0 Å². The molecular formula is C31H34O2. The smallest absolute Gasteiger partial charge is 0.167 e. The zero-order chi connectivity index (χ0) is 23.8. The molecule has 0 radical (unpaired) electrons. The van der Waals surface area contributed by atoms with Crippen LogP contribution in [0.25, 0.3) is 11.6 Å². The standard InChI is InChI=1S/C31H34O2/c1-21(25-12-15-27-28(20-25)31(4,5)17-16-30(27,2)3)18-22-6-10-24(11-7-22)29(33)19-23-8-13-26(32)14-9-23/h6-15,18,20,32H,16-17,19H2,1-5H3. The first-order chi connectivity index (χ1) is 15.5. The molecular weight excluding hydrogens is 404 g/mol. The van der Waals surface area contributed by atoms with Crippen molar-refractivity contribution in [1.29, 1.82) is 0 Å². The average molecular weight is 439 g/mol. The van der Waals surface area contributed by atoms with Crippen LogP contribution in [0.3, 0.4) is 0 Å². The quantitative estimate of drug-likeness (QED) is 0.327. The molecule has 1 N–H and O–H groups in total. The van der Waals surface area contributed by atoms with E-state index < -0.39 is 0 Å². The Bertz CT molecular complexity index is 1190. The molecule has 3 aromatic carbocycles. The highest BCUT2D eigenvalue weighted by Crippen LogP contribution is 2.46. The third kappa shape index (κ3) is 4.95. The van der Waals surface area contributed by atoms with E-state index in [2.05, 4.69) is 58.9 Å². The lowest BCUT2D eigenvalue weighted by Gasteiger charge is -2.42. The summed E-state index contributed by atoms with van der Waals surface area (Å²) in [4.78, 5) is 12.6. The SMILES string of the molecule is CC(=Cc1ccc(C(=O)Cc2ccc(O)cc2)cc1)c1ccc2c(c1)C(C)(C)CCC2(C)C. The summed E-state index contributed by atoms with van der Waals surface area (Å²) < 4.78 is 0. The summed E-state index contributed by atoms with van der Waals surface area (Å²) in [5.74, 6) is 0.288. The number of carbonyl (C=O) groups excluding carboxylic acids is 1. The van der Waals surface area contributed by atoms with Crippen molar-refractivity contribution in [3.63, 3.8) is 0 Å². The number of allylic oxidation sites excluding steroid dienone is 1. The zero-order valence-corrected chi connectivity index (χ0v) is 20.4. The fourth-order valence-electron chi connectivity index (χ4n) is 4.83. The largest absolute Gasteiger partial charge is 0.508 e. The van der Waals surface area contributed by atoms with Gasteiger partial charge in [-0.1, -0.05) is 88.4 Å². The Hall–Kier alpha value is -3.13. The molecule has 0 aliphatic heterocycles. The monoisotopic (exact) mass is 438 g/mol. The topological polar surface area (TPSA) is 37.3 Å². The van der Waals surface area contributed by atoms with Crippen LogP contribution in [0.2, 0.25) is 0 Å². The normalized spacial score (nSPS) is 16.8. The van der Waals surface area contributed by atoms with Crippen molar-refractivity contribution in [3.05, 3.63) is 100 Å². The third-order valence-corrected chi connectivity index (χ3v) is 7.23. The summed E-state index contributed by atoms with van der Waals surface area (Å²) >= 11 is 0. The molecule has 0 heterocycles. The number of Topliss-reactive ketones (excluding diaryl/α,β-unsaturated/α-hetero) is 1. The number of hydrogen-bond acceptors (Lipinski definition) is 2. The van der Waals surface area contributed by atoms with E-state index in [4.69, 9.17) is 0 Å². The number of hydrogen-bond donors (Lipinski definition) is 1. The van der Waals surface area contributed by atoms with Crippen molar-refractivity contribution < 1.29 is 9.90 Å². The van der Waals surface area contributed by atoms with Gasteiger partial charge in [0.1, 0.15) is 5.75 Å². The molecule has 2 heteroatoms. The summed E-state index contributed by atoms with van der Waals surface area (Å²) in [5, 5.41) is 9.41. The zero-order valence-electron chi connectivity index (χ0n) is 20.4. The summed E-state index contributed by atoms with van der Waals surface area (Å²) in [6, 6.07) is 21.6. The fourth-order valence-corrected chi connectivity index (χ4v) is 4.83. The van der Waals surface area contributed by atoms with Gasteiger partial charge in [0.25, 0.3) is 0 Å². The van der Waals surface area contributed by atoms with Crippen LogP contribution in [0.15, 0.2) is 66.7 Å². The van der Waals surface area contributed by atoms with Gasteiger partial charge in [-0.25, -0.2) is 0 Å². The molecule has 1 aliphatic carbocycles. The minimum absolute atomic E-state index is 0.0764. The predicted octanol–water partition coefficient (Wildman–Crippen LogP) is 7.73. The Labute approximate surface area is 198 Å². The van der Waals surface area contributed by atoms with Gasteiger partial charge >= 0.3 is 0 Å². The highest BCUT2D eigenvalue weighted by atomic mass is 16.3. The van der Waals surface area contributed by atoms with E-state index in [9.17, 15) is 9.90 Å². The predicted molar refractivity (Wildman–Crippen MR) is 138 cm³/mol. The van der Waals surface area contributed by atoms with Crippen LogP contribution in [0.1, 0.15) is 85.6 Å². The lowest BCUT2D eigenvalue weighted by Crippen LogP contribution is -2.33. The Kier molecular flexibility index (Phi) is 6.05. The van der Waals surface area contributed by atoms with Crippen LogP contribution in [0.5, 0.6) is 5.75 Å². The molecule has 0 spiro atoms. The summed E-state index contributed by atoms with van der Waals surface area (Å²) in [7, 11) is 0. The van der Waals surface area contributed by atoms with E-state index in [1.807, 2.05) is 24.3 Å². The van der Waals surface area contributed by atoms with Gasteiger partial charge in [0, 0.05) is 12.0 Å². The van der Waals surface area contributed by atoms with Crippen LogP contribution >= 0.6 is 0 Å². The molecule has 4 rings (SSSR count). The molecule has 0 atom stereocenters. The van der Waals surface area contributed by atoms with Crippen LogP contribution in [0.4, 0.5) is 0 Å². The second-order valence-corrected chi connectivity index (χ2v) is 10.7. The van der Waals surface area contributed by atoms with Crippen molar-refractivity contribution in [2.45, 2.75) is 64.7 Å². The maximum Gasteiger partial charge on any atom is 0.167 e. The Morgan fingerprint density at radius 3 is 2.03 bits per heavy atom. The van der Waals surface area contributed by atoms with E-state index in [1.54, 1.807) is 24.3 Å². The summed E-state index contributed by atoms with van der Waals surface area (Å²) in [6.45, 7) is 11.6. The lowest BCUT2D eigenvalue weighted by molar-refractivity contribution is 0.0993. The summed E-state index contributed by atoms with van der Waals surface area (Å²) in [5.41, 5.74) is 8.54. The minimum atomic E-state index is 0.0764. The molecule has 3 aromatic rings. The molecule has 0 saturated heterocycles. The van der Waals surface area contributed by atoms with Gasteiger partial charge in [-0.3, -0.25) is 4.79 Å². The van der Waals surface area contributed by atoms with Crippen LogP contribution < -0.4 is 0 Å². The number of ketones is 1. The Balaban J connectivity index is 1.53. The number of carbonyl (C=O) groups is 1. The maximum absolute atomic E-state index is 12.6. The Morgan fingerprint density at radius 1 is 0.818 bits per heavy atom. The third-order valence-electron chi connectivity index (χ3n) is 7.23. The van der Waals surface area contributed by atoms with Gasteiger partial charge in [-0.15, -0.1) is 0 Å². The molecule has 0 fully saturated rings. The van der Waals surface area contributed by atoms with Gasteiger partial charge in [0.2, 0.25) is 0 Å². The van der Waals surface area contributed by atoms with Crippen LogP contribution in [-0.4, -0.2) is 10.9 Å². The van der Waals surface area contributed by atoms with E-state index in [-0.39, 0.29) is 22.4 Å². The average Bonchev–Trinajstić information content (AvgIpc) is 2.79. The van der Waals surface area contributed by atoms with Gasteiger partial charge in [-0.05, 0) is 76.1 Å². The number of phenolic OH excluding ortho intramolecular Hbond substituents is 1. The van der Waals surface area contributed by atoms with Gasteiger partial charge < -0.3 is 5.11 Å². The number of benzene rings is 3. The van der Waals surface area contributed by atoms with Crippen molar-refractivity contribution in [3.8, 4) is 5.75 Å². The molecule has 0 amide bonds. The van der Waals surface area contributed by atoms with Crippen molar-refractivity contribution in [2.75, 3.05) is 0 Å². The summed E-state index contributed by atoms with van der Waals surface area (Å²) in [6.07, 6.45) is 4.95. The Morgan fingerprint density at radius 2 is 1.39 bits per heavy atom. The molecule has 0 unspecified atom stereocenters. The second-order valence-electron chi connectivity index (χ2n) is 10.7. The van der Waals surface area contributed by atoms with Crippen LogP contribution in [0, 0.1) is 0 Å². The van der Waals surface area contributed by atoms with E-state index in [0.29, 0.717) is 12.0 Å². The molecule has 33 heavy (non-hydrogen) atoms. The highest BCUT2D eigenvalue weighted by molar-refractivity contribution is 5.97. The maximum atomic E-state index is 12.6.